The maximum atomic E-state index is 13.1. The molecular formula is C27H28N2O6. The number of carbonyl (C=O) groups is 3. The topological polar surface area (TPSA) is 106 Å². The van der Waals surface area contributed by atoms with Crippen LogP contribution in [0.25, 0.3) is 22.1 Å². The molecule has 8 heteroatoms. The van der Waals surface area contributed by atoms with Crippen molar-refractivity contribution in [3.05, 3.63) is 64.5 Å². The van der Waals surface area contributed by atoms with Crippen molar-refractivity contribution in [2.24, 2.45) is 0 Å². The Labute approximate surface area is 202 Å². The third-order valence-corrected chi connectivity index (χ3v) is 6.22. The van der Waals surface area contributed by atoms with Crippen LogP contribution in [-0.2, 0) is 9.59 Å². The number of amides is 3. The Morgan fingerprint density at radius 1 is 1.03 bits per heavy atom. The van der Waals surface area contributed by atoms with Crippen molar-refractivity contribution in [1.82, 2.24) is 10.2 Å². The molecule has 2 aromatic carbocycles. The van der Waals surface area contributed by atoms with Crippen molar-refractivity contribution in [3.8, 4) is 16.9 Å². The molecule has 0 spiro atoms. The molecule has 1 N–H and O–H groups in total. The van der Waals surface area contributed by atoms with Gasteiger partial charge in [-0.2, -0.15) is 0 Å². The highest BCUT2D eigenvalue weighted by atomic mass is 16.5. The lowest BCUT2D eigenvalue weighted by atomic mass is 9.88. The number of imide groups is 1. The first kappa shape index (κ1) is 24.2. The van der Waals surface area contributed by atoms with Gasteiger partial charge in [0.1, 0.15) is 29.2 Å². The van der Waals surface area contributed by atoms with E-state index in [1.807, 2.05) is 44.2 Å². The first-order valence-corrected chi connectivity index (χ1v) is 11.8. The predicted molar refractivity (Wildman–Crippen MR) is 131 cm³/mol. The number of rotatable bonds is 8. The summed E-state index contributed by atoms with van der Waals surface area (Å²) >= 11 is 0. The summed E-state index contributed by atoms with van der Waals surface area (Å²) in [5.74, 6) is -0.578. The molecule has 0 radical (unpaired) electrons. The summed E-state index contributed by atoms with van der Waals surface area (Å²) in [7, 11) is 0. The molecule has 0 bridgehead atoms. The summed E-state index contributed by atoms with van der Waals surface area (Å²) in [5, 5.41) is 3.13. The van der Waals surface area contributed by atoms with Crippen molar-refractivity contribution in [2.45, 2.75) is 52.0 Å². The van der Waals surface area contributed by atoms with Crippen LogP contribution in [0.15, 0.2) is 57.7 Å². The molecule has 0 unspecified atom stereocenters. The molecule has 35 heavy (non-hydrogen) atoms. The summed E-state index contributed by atoms with van der Waals surface area (Å²) < 4.78 is 11.3. The Balaban J connectivity index is 1.54. The zero-order valence-electron chi connectivity index (χ0n) is 20.1. The zero-order valence-corrected chi connectivity index (χ0v) is 20.1. The number of nitrogens with zero attached hydrogens (tertiary/aromatic N) is 1. The third-order valence-electron chi connectivity index (χ3n) is 6.22. The van der Waals surface area contributed by atoms with Crippen molar-refractivity contribution in [2.75, 3.05) is 6.54 Å². The number of hydrogen-bond donors (Lipinski definition) is 1. The van der Waals surface area contributed by atoms with Gasteiger partial charge in [0.25, 0.3) is 5.91 Å². The molecule has 1 aliphatic rings. The van der Waals surface area contributed by atoms with E-state index in [0.717, 1.165) is 23.3 Å². The van der Waals surface area contributed by atoms with Crippen LogP contribution in [0.5, 0.6) is 5.75 Å². The van der Waals surface area contributed by atoms with E-state index >= 15 is 0 Å². The second-order valence-electron chi connectivity index (χ2n) is 8.76. The molecule has 182 valence electrons. The van der Waals surface area contributed by atoms with Crippen molar-refractivity contribution in [1.29, 1.82) is 0 Å². The predicted octanol–water partition coefficient (Wildman–Crippen LogP) is 4.56. The van der Waals surface area contributed by atoms with Gasteiger partial charge in [-0.1, -0.05) is 57.0 Å². The Morgan fingerprint density at radius 3 is 2.37 bits per heavy atom. The van der Waals surface area contributed by atoms with Gasteiger partial charge in [-0.05, 0) is 37.5 Å². The van der Waals surface area contributed by atoms with E-state index < -0.39 is 30.0 Å². The molecule has 0 aliphatic carbocycles. The van der Waals surface area contributed by atoms with Gasteiger partial charge in [-0.3, -0.25) is 14.5 Å². The molecule has 1 fully saturated rings. The fraction of sp³-hybridized carbons (Fsp3) is 0.333. The molecule has 8 nitrogen and oxygen atoms in total. The summed E-state index contributed by atoms with van der Waals surface area (Å²) in [5.41, 5.74) is 0.352. The molecule has 3 aromatic rings. The Hall–Kier alpha value is -3.94. The van der Waals surface area contributed by atoms with Crippen molar-refractivity contribution in [3.63, 3.8) is 0 Å². The monoisotopic (exact) mass is 476 g/mol. The van der Waals surface area contributed by atoms with Gasteiger partial charge in [0.05, 0.1) is 10.9 Å². The van der Waals surface area contributed by atoms with Gasteiger partial charge < -0.3 is 14.5 Å². The van der Waals surface area contributed by atoms with Crippen molar-refractivity contribution < 1.29 is 23.5 Å². The maximum Gasteiger partial charge on any atom is 0.331 e. The molecular weight excluding hydrogens is 448 g/mol. The number of aryl methyl sites for hydroxylation is 1. The number of ether oxygens (including phenoxy) is 1. The van der Waals surface area contributed by atoms with Crippen molar-refractivity contribution >= 4 is 28.9 Å². The van der Waals surface area contributed by atoms with Crippen LogP contribution in [0.2, 0.25) is 0 Å². The Bertz CT molecular complexity index is 1340. The normalized spacial score (nSPS) is 14.9. The van der Waals surface area contributed by atoms with Crippen LogP contribution >= 0.6 is 0 Å². The average Bonchev–Trinajstić information content (AvgIpc) is 3.04. The number of fused-ring (bicyclic) bond motifs is 1. The number of urea groups is 1. The van der Waals surface area contributed by atoms with Gasteiger partial charge in [0.15, 0.2) is 0 Å². The van der Waals surface area contributed by atoms with Crippen LogP contribution in [-0.4, -0.2) is 34.9 Å². The van der Waals surface area contributed by atoms with Crippen LogP contribution in [0.4, 0.5) is 4.79 Å². The molecule has 4 rings (SSSR count). The highest BCUT2D eigenvalue weighted by Gasteiger charge is 2.50. The molecule has 1 aliphatic heterocycles. The van der Waals surface area contributed by atoms with E-state index in [1.165, 1.54) is 18.2 Å². The van der Waals surface area contributed by atoms with E-state index in [9.17, 15) is 19.2 Å². The molecule has 1 aromatic heterocycles. The standard InChI is InChI=1S/C27H28N2O6/c1-4-13-27(14-5-2)25(32)29(26(33)28-27)16-22(30)35-19-11-12-20-21(15-19)34-17(3)23(24(20)31)18-9-7-6-8-10-18/h6-12,15H,4-5,13-14,16H2,1-3H3,(H,28,33). The van der Waals surface area contributed by atoms with Crippen LogP contribution in [0.1, 0.15) is 45.3 Å². The van der Waals surface area contributed by atoms with E-state index in [-0.39, 0.29) is 16.8 Å². The number of esters is 1. The van der Waals surface area contributed by atoms with Crippen LogP contribution in [0.3, 0.4) is 0 Å². The first-order chi connectivity index (χ1) is 16.8. The Kier molecular flexibility index (Phi) is 6.73. The maximum absolute atomic E-state index is 13.1. The second-order valence-corrected chi connectivity index (χ2v) is 8.76. The number of nitrogens with one attached hydrogen (secondary N) is 1. The lowest BCUT2D eigenvalue weighted by Crippen LogP contribution is -2.47. The van der Waals surface area contributed by atoms with Gasteiger partial charge in [-0.15, -0.1) is 0 Å². The first-order valence-electron chi connectivity index (χ1n) is 11.8. The van der Waals surface area contributed by atoms with E-state index in [2.05, 4.69) is 5.32 Å². The Morgan fingerprint density at radius 2 is 1.71 bits per heavy atom. The molecule has 3 amide bonds. The SMILES string of the molecule is CCCC1(CCC)NC(=O)N(CC(=O)Oc2ccc3c(=O)c(-c4ccccc4)c(C)oc3c2)C1=O. The third kappa shape index (κ3) is 4.56. The minimum absolute atomic E-state index is 0.151. The summed E-state index contributed by atoms with van der Waals surface area (Å²) in [4.78, 5) is 52.1. The summed E-state index contributed by atoms with van der Waals surface area (Å²) in [6, 6.07) is 13.1. The molecule has 2 heterocycles. The van der Waals surface area contributed by atoms with Crippen LogP contribution < -0.4 is 15.5 Å². The minimum atomic E-state index is -0.971. The van der Waals surface area contributed by atoms with Gasteiger partial charge in [0, 0.05) is 6.07 Å². The number of hydrogen-bond acceptors (Lipinski definition) is 6. The summed E-state index contributed by atoms with van der Waals surface area (Å²) in [6.45, 7) is 5.08. The highest BCUT2D eigenvalue weighted by Crippen LogP contribution is 2.29. The quantitative estimate of drug-likeness (QED) is 0.290. The smallest absolute Gasteiger partial charge is 0.331 e. The van der Waals surface area contributed by atoms with Gasteiger partial charge in [0.2, 0.25) is 5.43 Å². The van der Waals surface area contributed by atoms with E-state index in [1.54, 1.807) is 6.92 Å². The second kappa shape index (κ2) is 9.74. The van der Waals surface area contributed by atoms with E-state index in [4.69, 9.17) is 9.15 Å². The molecule has 1 saturated heterocycles. The fourth-order valence-corrected chi connectivity index (χ4v) is 4.72. The van der Waals surface area contributed by atoms with E-state index in [0.29, 0.717) is 29.6 Å². The lowest BCUT2D eigenvalue weighted by molar-refractivity contribution is -0.141. The van der Waals surface area contributed by atoms with Crippen LogP contribution in [0, 0.1) is 6.92 Å². The molecule has 0 saturated carbocycles. The molecule has 0 atom stereocenters. The van der Waals surface area contributed by atoms with Gasteiger partial charge in [-0.25, -0.2) is 9.59 Å². The fourth-order valence-electron chi connectivity index (χ4n) is 4.72. The average molecular weight is 477 g/mol. The lowest BCUT2D eigenvalue weighted by Gasteiger charge is -2.25. The number of carbonyl (C=O) groups excluding carboxylic acids is 3. The van der Waals surface area contributed by atoms with Gasteiger partial charge >= 0.3 is 12.0 Å². The highest BCUT2D eigenvalue weighted by molar-refractivity contribution is 6.08. The zero-order chi connectivity index (χ0) is 25.2. The largest absolute Gasteiger partial charge is 0.460 e. The minimum Gasteiger partial charge on any atom is -0.460 e. The number of benzene rings is 2. The summed E-state index contributed by atoms with van der Waals surface area (Å²) in [6.07, 6.45) is 2.45.